The van der Waals surface area contributed by atoms with Crippen molar-refractivity contribution >= 4 is 28.8 Å². The maximum absolute atomic E-state index is 12.6. The van der Waals surface area contributed by atoms with Gasteiger partial charge in [-0.25, -0.2) is 0 Å². The molecule has 5 heteroatoms. The fourth-order valence-corrected chi connectivity index (χ4v) is 3.42. The van der Waals surface area contributed by atoms with E-state index in [1.54, 1.807) is 22.3 Å². The van der Waals surface area contributed by atoms with Crippen molar-refractivity contribution in [1.29, 1.82) is 0 Å². The number of hydrogen-bond donors (Lipinski definition) is 0. The summed E-state index contributed by atoms with van der Waals surface area (Å²) in [6.45, 7) is 7.14. The second kappa shape index (κ2) is 6.38. The molecule has 2 heterocycles. The average molecular weight is 326 g/mol. The van der Waals surface area contributed by atoms with Gasteiger partial charge in [0.15, 0.2) is 0 Å². The van der Waals surface area contributed by atoms with Gasteiger partial charge in [0, 0.05) is 28.2 Å². The quantitative estimate of drug-likeness (QED) is 0.846. The van der Waals surface area contributed by atoms with Crippen LogP contribution in [0.25, 0.3) is 5.70 Å². The van der Waals surface area contributed by atoms with Crippen LogP contribution in [0, 0.1) is 0 Å². The van der Waals surface area contributed by atoms with Gasteiger partial charge in [0.1, 0.15) is 6.54 Å². The molecule has 0 bridgehead atoms. The molecule has 0 atom stereocenters. The Morgan fingerprint density at radius 1 is 1.22 bits per heavy atom. The monoisotopic (exact) mass is 326 g/mol. The van der Waals surface area contributed by atoms with Crippen LogP contribution in [0.1, 0.15) is 27.7 Å². The second-order valence-corrected chi connectivity index (χ2v) is 6.40. The summed E-state index contributed by atoms with van der Waals surface area (Å²) < 4.78 is 0. The van der Waals surface area contributed by atoms with Crippen LogP contribution in [0.5, 0.6) is 0 Å². The van der Waals surface area contributed by atoms with E-state index in [1.165, 1.54) is 4.90 Å². The summed E-state index contributed by atoms with van der Waals surface area (Å²) in [7, 11) is 0. The van der Waals surface area contributed by atoms with E-state index in [1.807, 2.05) is 42.6 Å². The number of carbonyl (C=O) groups is 2. The summed E-state index contributed by atoms with van der Waals surface area (Å²) in [5, 5.41) is 2.00. The zero-order valence-electron chi connectivity index (χ0n) is 13.0. The highest BCUT2D eigenvalue weighted by molar-refractivity contribution is 7.09. The Morgan fingerprint density at radius 2 is 1.96 bits per heavy atom. The molecular formula is C18H18N2O2S. The van der Waals surface area contributed by atoms with E-state index in [0.29, 0.717) is 24.4 Å². The Labute approximate surface area is 139 Å². The van der Waals surface area contributed by atoms with Crippen molar-refractivity contribution in [3.8, 4) is 0 Å². The lowest BCUT2D eigenvalue weighted by Gasteiger charge is -2.24. The number of rotatable bonds is 5. The lowest BCUT2D eigenvalue weighted by atomic mass is 10.1. The molecule has 1 aromatic carbocycles. The van der Waals surface area contributed by atoms with Crippen molar-refractivity contribution in [2.75, 3.05) is 13.1 Å². The van der Waals surface area contributed by atoms with Gasteiger partial charge in [-0.1, -0.05) is 30.8 Å². The van der Waals surface area contributed by atoms with Crippen molar-refractivity contribution in [1.82, 2.24) is 9.80 Å². The van der Waals surface area contributed by atoms with Gasteiger partial charge in [0.05, 0.1) is 6.54 Å². The molecule has 0 saturated carbocycles. The Balaban J connectivity index is 1.73. The summed E-state index contributed by atoms with van der Waals surface area (Å²) >= 11 is 1.63. The lowest BCUT2D eigenvalue weighted by molar-refractivity contribution is -0.131. The van der Waals surface area contributed by atoms with Crippen molar-refractivity contribution in [3.63, 3.8) is 0 Å². The summed E-state index contributed by atoms with van der Waals surface area (Å²) in [4.78, 5) is 29.4. The van der Waals surface area contributed by atoms with E-state index >= 15 is 0 Å². The zero-order chi connectivity index (χ0) is 16.4. The number of thiophene rings is 1. The third-order valence-electron chi connectivity index (χ3n) is 3.99. The van der Waals surface area contributed by atoms with Crippen LogP contribution in [0.3, 0.4) is 0 Å². The Hall–Kier alpha value is -2.40. The maximum atomic E-state index is 12.6. The molecule has 1 aliphatic rings. The minimum atomic E-state index is -0.147. The van der Waals surface area contributed by atoms with E-state index in [-0.39, 0.29) is 18.4 Å². The summed E-state index contributed by atoms with van der Waals surface area (Å²) in [6, 6.07) is 11.3. The van der Waals surface area contributed by atoms with Crippen LogP contribution in [-0.2, 0) is 11.3 Å². The summed E-state index contributed by atoms with van der Waals surface area (Å²) in [5.41, 5.74) is 2.03. The molecule has 2 aromatic rings. The molecule has 0 N–H and O–H groups in total. The van der Waals surface area contributed by atoms with Crippen molar-refractivity contribution in [3.05, 3.63) is 64.4 Å². The number of carbonyl (C=O) groups excluding carboxylic acids is 2. The highest BCUT2D eigenvalue weighted by Gasteiger charge is 2.32. The van der Waals surface area contributed by atoms with Gasteiger partial charge in [-0.05, 0) is 24.4 Å². The SMILES string of the molecule is C=C1c2ccccc2C(=O)N1CC(=O)N(CC)Cc1cccs1. The number of nitrogens with zero attached hydrogens (tertiary/aromatic N) is 2. The van der Waals surface area contributed by atoms with Gasteiger partial charge >= 0.3 is 0 Å². The molecule has 0 aliphatic carbocycles. The summed E-state index contributed by atoms with van der Waals surface area (Å²) in [6.07, 6.45) is 0. The van der Waals surface area contributed by atoms with Crippen molar-refractivity contribution in [2.45, 2.75) is 13.5 Å². The molecular weight excluding hydrogens is 308 g/mol. The smallest absolute Gasteiger partial charge is 0.259 e. The molecule has 118 valence electrons. The molecule has 0 unspecified atom stereocenters. The zero-order valence-corrected chi connectivity index (χ0v) is 13.8. The van der Waals surface area contributed by atoms with Crippen LogP contribution in [-0.4, -0.2) is 34.7 Å². The molecule has 1 aliphatic heterocycles. The van der Waals surface area contributed by atoms with E-state index in [2.05, 4.69) is 6.58 Å². The van der Waals surface area contributed by atoms with Gasteiger partial charge < -0.3 is 4.90 Å². The normalized spacial score (nSPS) is 13.3. The fourth-order valence-electron chi connectivity index (χ4n) is 2.70. The van der Waals surface area contributed by atoms with E-state index in [9.17, 15) is 9.59 Å². The Kier molecular flexibility index (Phi) is 4.30. The second-order valence-electron chi connectivity index (χ2n) is 5.37. The molecule has 23 heavy (non-hydrogen) atoms. The predicted molar refractivity (Wildman–Crippen MR) is 91.9 cm³/mol. The first kappa shape index (κ1) is 15.5. The maximum Gasteiger partial charge on any atom is 0.259 e. The highest BCUT2D eigenvalue weighted by Crippen LogP contribution is 2.31. The first-order chi connectivity index (χ1) is 11.1. The van der Waals surface area contributed by atoms with Crippen LogP contribution < -0.4 is 0 Å². The molecule has 4 nitrogen and oxygen atoms in total. The predicted octanol–water partition coefficient (Wildman–Crippen LogP) is 3.22. The first-order valence-corrected chi connectivity index (χ1v) is 8.40. The number of hydrogen-bond acceptors (Lipinski definition) is 3. The molecule has 0 saturated heterocycles. The van der Waals surface area contributed by atoms with Crippen molar-refractivity contribution in [2.24, 2.45) is 0 Å². The number of fused-ring (bicyclic) bond motifs is 1. The van der Waals surface area contributed by atoms with Crippen molar-refractivity contribution < 1.29 is 9.59 Å². The van der Waals surface area contributed by atoms with Gasteiger partial charge in [-0.3, -0.25) is 14.5 Å². The average Bonchev–Trinajstić information content (AvgIpc) is 3.16. The van der Waals surface area contributed by atoms with Crippen LogP contribution in [0.2, 0.25) is 0 Å². The first-order valence-electron chi connectivity index (χ1n) is 7.52. The molecule has 3 rings (SSSR count). The Morgan fingerprint density at radius 3 is 2.57 bits per heavy atom. The molecule has 2 amide bonds. The van der Waals surface area contributed by atoms with E-state index in [0.717, 1.165) is 10.4 Å². The molecule has 1 aromatic heterocycles. The van der Waals surface area contributed by atoms with E-state index < -0.39 is 0 Å². The molecule has 0 spiro atoms. The summed E-state index contributed by atoms with van der Waals surface area (Å²) in [5.74, 6) is -0.214. The van der Waals surface area contributed by atoms with E-state index in [4.69, 9.17) is 0 Å². The lowest BCUT2D eigenvalue weighted by Crippen LogP contribution is -2.39. The largest absolute Gasteiger partial charge is 0.336 e. The fraction of sp³-hybridized carbons (Fsp3) is 0.222. The van der Waals surface area contributed by atoms with Gasteiger partial charge in [-0.2, -0.15) is 0 Å². The number of benzene rings is 1. The Bertz CT molecular complexity index is 717. The third kappa shape index (κ3) is 2.92. The molecule has 0 radical (unpaired) electrons. The van der Waals surface area contributed by atoms with Gasteiger partial charge in [-0.15, -0.1) is 11.3 Å². The van der Waals surface area contributed by atoms with Gasteiger partial charge in [0.2, 0.25) is 5.91 Å². The molecule has 0 fully saturated rings. The van der Waals surface area contributed by atoms with Crippen LogP contribution in [0.4, 0.5) is 0 Å². The third-order valence-corrected chi connectivity index (χ3v) is 4.86. The number of amides is 2. The van der Waals surface area contributed by atoms with Crippen LogP contribution >= 0.6 is 11.3 Å². The van der Waals surface area contributed by atoms with Gasteiger partial charge in [0.25, 0.3) is 5.91 Å². The number of likely N-dealkylation sites (N-methyl/N-ethyl adjacent to an activating group) is 1. The minimum absolute atomic E-state index is 0.0333. The topological polar surface area (TPSA) is 40.6 Å². The minimum Gasteiger partial charge on any atom is -0.336 e. The highest BCUT2D eigenvalue weighted by atomic mass is 32.1. The standard InChI is InChI=1S/C18H18N2O2S/c1-3-19(11-14-7-6-10-23-14)17(21)12-20-13(2)15-8-4-5-9-16(15)18(20)22/h4-10H,2-3,11-12H2,1H3. The van der Waals surface area contributed by atoms with Crippen LogP contribution in [0.15, 0.2) is 48.4 Å².